The SMILES string of the molecule is CCc1ccc2c(CC(=O)N(C)[C@@H](C)c3nc4ccccc4s3)coc2c1. The van der Waals surface area contributed by atoms with Gasteiger partial charge in [-0.25, -0.2) is 4.98 Å². The summed E-state index contributed by atoms with van der Waals surface area (Å²) in [6, 6.07) is 14.2. The van der Waals surface area contributed by atoms with Gasteiger partial charge in [-0.2, -0.15) is 0 Å². The number of rotatable bonds is 5. The predicted molar refractivity (Wildman–Crippen MR) is 110 cm³/mol. The van der Waals surface area contributed by atoms with E-state index in [4.69, 9.17) is 4.42 Å². The first-order valence-electron chi connectivity index (χ1n) is 9.17. The lowest BCUT2D eigenvalue weighted by atomic mass is 10.1. The molecule has 0 aliphatic carbocycles. The van der Waals surface area contributed by atoms with Crippen molar-refractivity contribution in [3.05, 3.63) is 64.9 Å². The van der Waals surface area contributed by atoms with Crippen LogP contribution in [0.3, 0.4) is 0 Å². The predicted octanol–water partition coefficient (Wildman–Crippen LogP) is 5.37. The molecule has 0 aliphatic heterocycles. The van der Waals surface area contributed by atoms with Gasteiger partial charge in [0.25, 0.3) is 0 Å². The van der Waals surface area contributed by atoms with E-state index >= 15 is 0 Å². The molecule has 4 aromatic rings. The first kappa shape index (κ1) is 17.7. The Morgan fingerprint density at radius 1 is 1.26 bits per heavy atom. The van der Waals surface area contributed by atoms with Crippen molar-refractivity contribution in [2.45, 2.75) is 32.7 Å². The number of fused-ring (bicyclic) bond motifs is 2. The van der Waals surface area contributed by atoms with Crippen molar-refractivity contribution in [2.75, 3.05) is 7.05 Å². The molecule has 0 radical (unpaired) electrons. The summed E-state index contributed by atoms with van der Waals surface area (Å²) in [5.41, 5.74) is 3.99. The Hall–Kier alpha value is -2.66. The highest BCUT2D eigenvalue weighted by atomic mass is 32.1. The van der Waals surface area contributed by atoms with Gasteiger partial charge in [-0.1, -0.05) is 31.2 Å². The molecule has 1 amide bonds. The van der Waals surface area contributed by atoms with Crippen LogP contribution < -0.4 is 0 Å². The number of hydrogen-bond donors (Lipinski definition) is 0. The van der Waals surface area contributed by atoms with Gasteiger partial charge in [0.05, 0.1) is 28.9 Å². The van der Waals surface area contributed by atoms with E-state index in [1.54, 1.807) is 22.5 Å². The highest BCUT2D eigenvalue weighted by molar-refractivity contribution is 7.18. The minimum atomic E-state index is -0.0697. The summed E-state index contributed by atoms with van der Waals surface area (Å²) < 4.78 is 6.82. The molecule has 138 valence electrons. The van der Waals surface area contributed by atoms with Gasteiger partial charge in [0, 0.05) is 18.0 Å². The van der Waals surface area contributed by atoms with E-state index in [0.29, 0.717) is 6.42 Å². The van der Waals surface area contributed by atoms with Crippen LogP contribution in [0.4, 0.5) is 0 Å². The van der Waals surface area contributed by atoms with Crippen LogP contribution in [0.15, 0.2) is 53.1 Å². The van der Waals surface area contributed by atoms with Gasteiger partial charge in [0.15, 0.2) is 0 Å². The summed E-state index contributed by atoms with van der Waals surface area (Å²) >= 11 is 1.64. The molecular formula is C22H22N2O2S. The molecule has 0 fully saturated rings. The maximum atomic E-state index is 12.9. The topological polar surface area (TPSA) is 46.3 Å². The molecule has 27 heavy (non-hydrogen) atoms. The van der Waals surface area contributed by atoms with Crippen LogP contribution in [0, 0.1) is 0 Å². The smallest absolute Gasteiger partial charge is 0.227 e. The van der Waals surface area contributed by atoms with Gasteiger partial charge in [0.2, 0.25) is 5.91 Å². The number of aryl methyl sites for hydroxylation is 1. The second-order valence-corrected chi connectivity index (χ2v) is 7.88. The number of carbonyl (C=O) groups excluding carboxylic acids is 1. The first-order valence-corrected chi connectivity index (χ1v) is 9.98. The summed E-state index contributed by atoms with van der Waals surface area (Å²) in [4.78, 5) is 19.3. The molecular weight excluding hydrogens is 356 g/mol. The van der Waals surface area contributed by atoms with Gasteiger partial charge in [0.1, 0.15) is 10.6 Å². The van der Waals surface area contributed by atoms with Gasteiger partial charge in [-0.15, -0.1) is 11.3 Å². The third-order valence-electron chi connectivity index (χ3n) is 5.11. The molecule has 4 nitrogen and oxygen atoms in total. The third kappa shape index (κ3) is 3.35. The van der Waals surface area contributed by atoms with E-state index in [1.807, 2.05) is 32.2 Å². The van der Waals surface area contributed by atoms with Crippen LogP contribution in [-0.2, 0) is 17.6 Å². The molecule has 0 saturated heterocycles. The van der Waals surface area contributed by atoms with Crippen LogP contribution in [0.1, 0.15) is 36.0 Å². The highest BCUT2D eigenvalue weighted by Gasteiger charge is 2.22. The highest BCUT2D eigenvalue weighted by Crippen LogP contribution is 2.30. The summed E-state index contributed by atoms with van der Waals surface area (Å²) in [7, 11) is 1.84. The zero-order chi connectivity index (χ0) is 19.0. The number of likely N-dealkylation sites (N-methyl/N-ethyl adjacent to an activating group) is 1. The summed E-state index contributed by atoms with van der Waals surface area (Å²) in [6.07, 6.45) is 3.00. The zero-order valence-electron chi connectivity index (χ0n) is 15.7. The van der Waals surface area contributed by atoms with Crippen LogP contribution in [0.25, 0.3) is 21.2 Å². The minimum Gasteiger partial charge on any atom is -0.464 e. The number of para-hydroxylation sites is 1. The molecule has 0 saturated carbocycles. The van der Waals surface area contributed by atoms with Crippen molar-refractivity contribution in [3.8, 4) is 0 Å². The number of amides is 1. The number of nitrogens with zero attached hydrogens (tertiary/aromatic N) is 2. The molecule has 0 N–H and O–H groups in total. The van der Waals surface area contributed by atoms with Gasteiger partial charge in [-0.3, -0.25) is 4.79 Å². The molecule has 1 atom stereocenters. The van der Waals surface area contributed by atoms with Crippen molar-refractivity contribution in [2.24, 2.45) is 0 Å². The molecule has 0 spiro atoms. The van der Waals surface area contributed by atoms with Crippen molar-refractivity contribution >= 4 is 38.4 Å². The molecule has 5 heteroatoms. The lowest BCUT2D eigenvalue weighted by molar-refractivity contribution is -0.131. The number of aromatic nitrogens is 1. The maximum Gasteiger partial charge on any atom is 0.227 e. The Bertz CT molecular complexity index is 1080. The quantitative estimate of drug-likeness (QED) is 0.469. The van der Waals surface area contributed by atoms with Crippen molar-refractivity contribution in [1.82, 2.24) is 9.88 Å². The summed E-state index contributed by atoms with van der Waals surface area (Å²) in [5.74, 6) is 0.0593. The van der Waals surface area contributed by atoms with Crippen LogP contribution in [0.2, 0.25) is 0 Å². The molecule has 0 bridgehead atoms. The molecule has 2 aromatic carbocycles. The lowest BCUT2D eigenvalue weighted by Gasteiger charge is -2.23. The largest absolute Gasteiger partial charge is 0.464 e. The lowest BCUT2D eigenvalue weighted by Crippen LogP contribution is -2.30. The summed E-state index contributed by atoms with van der Waals surface area (Å²) in [5, 5.41) is 1.97. The normalized spacial score (nSPS) is 12.6. The van der Waals surface area contributed by atoms with Gasteiger partial charge in [-0.05, 0) is 37.1 Å². The fourth-order valence-corrected chi connectivity index (χ4v) is 4.29. The van der Waals surface area contributed by atoms with Crippen LogP contribution >= 0.6 is 11.3 Å². The zero-order valence-corrected chi connectivity index (χ0v) is 16.5. The number of thiazole rings is 1. The molecule has 4 rings (SSSR count). The molecule has 2 heterocycles. The van der Waals surface area contributed by atoms with E-state index in [9.17, 15) is 4.79 Å². The van der Waals surface area contributed by atoms with Crippen molar-refractivity contribution in [1.29, 1.82) is 0 Å². The van der Waals surface area contributed by atoms with E-state index in [-0.39, 0.29) is 11.9 Å². The Labute approximate surface area is 162 Å². The number of hydrogen-bond acceptors (Lipinski definition) is 4. The Morgan fingerprint density at radius 2 is 2.07 bits per heavy atom. The average Bonchev–Trinajstić information content (AvgIpc) is 3.30. The van der Waals surface area contributed by atoms with E-state index in [1.165, 1.54) is 5.56 Å². The summed E-state index contributed by atoms with van der Waals surface area (Å²) in [6.45, 7) is 4.14. The minimum absolute atomic E-state index is 0.0593. The fourth-order valence-electron chi connectivity index (χ4n) is 3.22. The maximum absolute atomic E-state index is 12.9. The number of carbonyl (C=O) groups is 1. The van der Waals surface area contributed by atoms with E-state index < -0.39 is 0 Å². The second-order valence-electron chi connectivity index (χ2n) is 6.82. The Kier molecular flexibility index (Phi) is 4.70. The molecule has 0 aliphatic rings. The second kappa shape index (κ2) is 7.16. The number of benzene rings is 2. The Balaban J connectivity index is 1.53. The van der Waals surface area contributed by atoms with E-state index in [0.717, 1.165) is 38.2 Å². The fraction of sp³-hybridized carbons (Fsp3) is 0.273. The van der Waals surface area contributed by atoms with Gasteiger partial charge < -0.3 is 9.32 Å². The standard InChI is InChI=1S/C22H22N2O2S/c1-4-15-9-10-17-16(13-26-19(17)11-15)12-21(25)24(3)14(2)22-23-18-7-5-6-8-20(18)27-22/h5-11,13-14H,4,12H2,1-3H3/t14-/m0/s1. The molecule has 2 aromatic heterocycles. The Morgan fingerprint density at radius 3 is 2.85 bits per heavy atom. The monoisotopic (exact) mass is 378 g/mol. The third-order valence-corrected chi connectivity index (χ3v) is 6.32. The van der Waals surface area contributed by atoms with E-state index in [2.05, 4.69) is 36.2 Å². The molecule has 0 unspecified atom stereocenters. The number of furan rings is 1. The van der Waals surface area contributed by atoms with Gasteiger partial charge >= 0.3 is 0 Å². The van der Waals surface area contributed by atoms with Crippen molar-refractivity contribution in [3.63, 3.8) is 0 Å². The van der Waals surface area contributed by atoms with Crippen LogP contribution in [-0.4, -0.2) is 22.8 Å². The van der Waals surface area contributed by atoms with Crippen molar-refractivity contribution < 1.29 is 9.21 Å². The first-order chi connectivity index (χ1) is 13.1. The van der Waals surface area contributed by atoms with Crippen LogP contribution in [0.5, 0.6) is 0 Å². The average molecular weight is 378 g/mol.